The Hall–Kier alpha value is -0.800. The molecule has 0 atom stereocenters. The fourth-order valence-corrected chi connectivity index (χ4v) is 3.00. The minimum atomic E-state index is -0.158. The summed E-state index contributed by atoms with van der Waals surface area (Å²) in [4.78, 5) is 6.49. The molecule has 0 saturated carbocycles. The van der Waals surface area contributed by atoms with Crippen LogP contribution in [0.25, 0.3) is 0 Å². The predicted molar refractivity (Wildman–Crippen MR) is 75.3 cm³/mol. The molecule has 2 heterocycles. The van der Waals surface area contributed by atoms with E-state index >= 15 is 0 Å². The fraction of sp³-hybridized carbons (Fsp3) is 0.643. The third kappa shape index (κ3) is 2.96. The Morgan fingerprint density at radius 1 is 1.28 bits per heavy atom. The van der Waals surface area contributed by atoms with Crippen molar-refractivity contribution in [2.75, 3.05) is 18.0 Å². The van der Waals surface area contributed by atoms with E-state index in [0.29, 0.717) is 5.88 Å². The normalized spacial score (nSPS) is 21.9. The molecule has 0 radical (unpaired) electrons. The Bertz CT molecular complexity index is 416. The zero-order valence-electron chi connectivity index (χ0n) is 11.5. The SMILES string of the molecule is CC1(C)CN(c2ccncc2CCl)CC(C)(C)O1. The molecule has 1 fully saturated rings. The Labute approximate surface area is 114 Å². The third-order valence-corrected chi connectivity index (χ3v) is 3.35. The van der Waals surface area contributed by atoms with Crippen molar-refractivity contribution in [3.63, 3.8) is 0 Å². The summed E-state index contributed by atoms with van der Waals surface area (Å²) in [7, 11) is 0. The maximum absolute atomic E-state index is 6.10. The summed E-state index contributed by atoms with van der Waals surface area (Å²) in [6.07, 6.45) is 3.67. The number of nitrogens with zero attached hydrogens (tertiary/aromatic N) is 2. The summed E-state index contributed by atoms with van der Waals surface area (Å²) in [5.41, 5.74) is 1.93. The topological polar surface area (TPSA) is 25.4 Å². The molecule has 0 aliphatic carbocycles. The van der Waals surface area contributed by atoms with Crippen molar-refractivity contribution in [2.45, 2.75) is 44.8 Å². The Kier molecular flexibility index (Phi) is 3.56. The van der Waals surface area contributed by atoms with Crippen molar-refractivity contribution in [3.8, 4) is 0 Å². The van der Waals surface area contributed by atoms with Crippen molar-refractivity contribution in [2.24, 2.45) is 0 Å². The van der Waals surface area contributed by atoms with Gasteiger partial charge in [0.25, 0.3) is 0 Å². The van der Waals surface area contributed by atoms with Crippen molar-refractivity contribution in [1.82, 2.24) is 4.98 Å². The number of halogens is 1. The van der Waals surface area contributed by atoms with Gasteiger partial charge in [-0.1, -0.05) is 0 Å². The van der Waals surface area contributed by atoms with E-state index in [0.717, 1.165) is 18.7 Å². The molecule has 1 saturated heterocycles. The van der Waals surface area contributed by atoms with Crippen LogP contribution in [0.15, 0.2) is 18.5 Å². The minimum absolute atomic E-state index is 0.158. The van der Waals surface area contributed by atoms with E-state index in [2.05, 4.69) is 37.6 Å². The highest BCUT2D eigenvalue weighted by Gasteiger charge is 2.38. The van der Waals surface area contributed by atoms with Gasteiger partial charge in [0.15, 0.2) is 0 Å². The van der Waals surface area contributed by atoms with E-state index in [4.69, 9.17) is 16.3 Å². The first-order valence-corrected chi connectivity index (χ1v) is 6.80. The van der Waals surface area contributed by atoms with Crippen molar-refractivity contribution in [1.29, 1.82) is 0 Å². The molecule has 3 nitrogen and oxygen atoms in total. The molecule has 0 unspecified atom stereocenters. The van der Waals surface area contributed by atoms with Crippen LogP contribution in [0.1, 0.15) is 33.3 Å². The Morgan fingerprint density at radius 3 is 2.44 bits per heavy atom. The Balaban J connectivity index is 2.32. The van der Waals surface area contributed by atoms with Crippen LogP contribution < -0.4 is 4.90 Å². The average molecular weight is 269 g/mol. The number of anilines is 1. The van der Waals surface area contributed by atoms with Crippen LogP contribution in [0.5, 0.6) is 0 Å². The van der Waals surface area contributed by atoms with Gasteiger partial charge in [-0.25, -0.2) is 0 Å². The fourth-order valence-electron chi connectivity index (χ4n) is 2.79. The largest absolute Gasteiger partial charge is 0.366 e. The van der Waals surface area contributed by atoms with Crippen LogP contribution in [0.4, 0.5) is 5.69 Å². The van der Waals surface area contributed by atoms with E-state index < -0.39 is 0 Å². The van der Waals surface area contributed by atoms with Gasteiger partial charge in [0.1, 0.15) is 0 Å². The van der Waals surface area contributed by atoms with Gasteiger partial charge >= 0.3 is 0 Å². The van der Waals surface area contributed by atoms with E-state index in [9.17, 15) is 0 Å². The lowest BCUT2D eigenvalue weighted by Crippen LogP contribution is -2.57. The lowest BCUT2D eigenvalue weighted by molar-refractivity contribution is -0.133. The van der Waals surface area contributed by atoms with E-state index in [1.54, 1.807) is 0 Å². The number of morpholine rings is 1. The van der Waals surface area contributed by atoms with Crippen LogP contribution >= 0.6 is 11.6 Å². The molecule has 0 N–H and O–H groups in total. The van der Waals surface area contributed by atoms with Crippen LogP contribution in [0, 0.1) is 0 Å². The van der Waals surface area contributed by atoms with Crippen molar-refractivity contribution < 1.29 is 4.74 Å². The molecule has 0 amide bonds. The van der Waals surface area contributed by atoms with E-state index in [1.165, 1.54) is 5.69 Å². The standard InChI is InChI=1S/C14H21ClN2O/c1-13(2)9-17(10-14(3,4)18-13)12-5-6-16-8-11(12)7-15/h5-6,8H,7,9-10H2,1-4H3. The lowest BCUT2D eigenvalue weighted by Gasteiger charge is -2.48. The number of ether oxygens (including phenoxy) is 1. The highest BCUT2D eigenvalue weighted by Crippen LogP contribution is 2.33. The summed E-state index contributed by atoms with van der Waals surface area (Å²) in [6.45, 7) is 10.2. The monoisotopic (exact) mass is 268 g/mol. The first-order valence-electron chi connectivity index (χ1n) is 6.27. The quantitative estimate of drug-likeness (QED) is 0.770. The van der Waals surface area contributed by atoms with Gasteiger partial charge < -0.3 is 9.64 Å². The first-order chi connectivity index (χ1) is 8.33. The highest BCUT2D eigenvalue weighted by atomic mass is 35.5. The molecule has 0 spiro atoms. The molecule has 1 aromatic heterocycles. The highest BCUT2D eigenvalue weighted by molar-refractivity contribution is 6.17. The van der Waals surface area contributed by atoms with Crippen LogP contribution in [0.2, 0.25) is 0 Å². The molecule has 0 bridgehead atoms. The molecule has 1 aliphatic heterocycles. The Morgan fingerprint density at radius 2 is 1.89 bits per heavy atom. The molecular formula is C14H21ClN2O. The molecule has 2 rings (SSSR count). The summed E-state index contributed by atoms with van der Waals surface area (Å²) < 4.78 is 6.10. The van der Waals surface area contributed by atoms with Gasteiger partial charge in [0.05, 0.1) is 17.1 Å². The number of alkyl halides is 1. The molecule has 1 aliphatic rings. The van der Waals surface area contributed by atoms with Crippen LogP contribution in [0.3, 0.4) is 0 Å². The second-order valence-corrected chi connectivity index (χ2v) is 6.38. The molecule has 1 aromatic rings. The van der Waals surface area contributed by atoms with Crippen molar-refractivity contribution in [3.05, 3.63) is 24.0 Å². The maximum Gasteiger partial charge on any atom is 0.0808 e. The summed E-state index contributed by atoms with van der Waals surface area (Å²) in [6, 6.07) is 2.04. The van der Waals surface area contributed by atoms with E-state index in [-0.39, 0.29) is 11.2 Å². The predicted octanol–water partition coefficient (Wildman–Crippen LogP) is 3.21. The number of hydrogen-bond donors (Lipinski definition) is 0. The summed E-state index contributed by atoms with van der Waals surface area (Å²) in [5.74, 6) is 0.487. The smallest absolute Gasteiger partial charge is 0.0808 e. The van der Waals surface area contributed by atoms with E-state index in [1.807, 2.05) is 18.5 Å². The summed E-state index contributed by atoms with van der Waals surface area (Å²) >= 11 is 6.00. The second-order valence-electron chi connectivity index (χ2n) is 6.12. The molecular weight excluding hydrogens is 248 g/mol. The van der Waals surface area contributed by atoms with Gasteiger partial charge in [0.2, 0.25) is 0 Å². The number of rotatable bonds is 2. The van der Waals surface area contributed by atoms with Gasteiger partial charge in [-0.2, -0.15) is 0 Å². The molecule has 0 aromatic carbocycles. The van der Waals surface area contributed by atoms with Gasteiger partial charge in [-0.15, -0.1) is 11.6 Å². The number of hydrogen-bond acceptors (Lipinski definition) is 3. The number of aromatic nitrogens is 1. The average Bonchev–Trinajstić information content (AvgIpc) is 2.24. The maximum atomic E-state index is 6.10. The molecule has 100 valence electrons. The number of pyridine rings is 1. The third-order valence-electron chi connectivity index (χ3n) is 3.06. The van der Waals surface area contributed by atoms with Gasteiger partial charge in [-0.05, 0) is 33.8 Å². The minimum Gasteiger partial charge on any atom is -0.366 e. The molecule has 18 heavy (non-hydrogen) atoms. The second kappa shape index (κ2) is 4.71. The van der Waals surface area contributed by atoms with Crippen LogP contribution in [-0.4, -0.2) is 29.3 Å². The lowest BCUT2D eigenvalue weighted by atomic mass is 9.98. The zero-order valence-corrected chi connectivity index (χ0v) is 12.3. The summed E-state index contributed by atoms with van der Waals surface area (Å²) in [5, 5.41) is 0. The van der Waals surface area contributed by atoms with Crippen LogP contribution in [-0.2, 0) is 10.6 Å². The molecule has 4 heteroatoms. The van der Waals surface area contributed by atoms with Gasteiger partial charge in [-0.3, -0.25) is 4.98 Å². The van der Waals surface area contributed by atoms with Crippen molar-refractivity contribution >= 4 is 17.3 Å². The first kappa shape index (κ1) is 13.6. The zero-order chi connectivity index (χ0) is 13.4. The van der Waals surface area contributed by atoms with Gasteiger partial charge in [0, 0.05) is 36.7 Å².